The van der Waals surface area contributed by atoms with Crippen LogP contribution in [0.15, 0.2) is 0 Å². The average Bonchev–Trinajstić information content (AvgIpc) is 2.04. The second-order valence-electron chi connectivity index (χ2n) is 2.24. The van der Waals surface area contributed by atoms with Gasteiger partial charge in [0, 0.05) is 6.54 Å². The lowest BCUT2D eigenvalue weighted by molar-refractivity contribution is -0.142. The first-order valence-corrected chi connectivity index (χ1v) is 3.59. The molecule has 0 heterocycles. The van der Waals surface area contributed by atoms with Gasteiger partial charge in [0.05, 0.1) is 26.2 Å². The Morgan fingerprint density at radius 2 is 2.27 bits per heavy atom. The van der Waals surface area contributed by atoms with Gasteiger partial charge in [-0.25, -0.2) is 0 Å². The van der Waals surface area contributed by atoms with Gasteiger partial charge in [0.15, 0.2) is 0 Å². The summed E-state index contributed by atoms with van der Waals surface area (Å²) in [7, 11) is 1.36. The fourth-order valence-corrected chi connectivity index (χ4v) is 0.514. The fraction of sp³-hybridized carbons (Fsp3) is 0.857. The number of esters is 1. The van der Waals surface area contributed by atoms with Crippen LogP contribution >= 0.6 is 0 Å². The van der Waals surface area contributed by atoms with Crippen molar-refractivity contribution < 1.29 is 14.3 Å². The van der Waals surface area contributed by atoms with E-state index in [2.05, 4.69) is 4.74 Å². The molecule has 0 spiro atoms. The Morgan fingerprint density at radius 1 is 1.64 bits per heavy atom. The summed E-state index contributed by atoms with van der Waals surface area (Å²) in [6.45, 7) is 2.71. The lowest BCUT2D eigenvalue weighted by Gasteiger charge is -2.08. The molecule has 0 aliphatic carbocycles. The van der Waals surface area contributed by atoms with E-state index >= 15 is 0 Å². The maximum Gasteiger partial charge on any atom is 0.307 e. The molecular weight excluding hydrogens is 146 g/mol. The Morgan fingerprint density at radius 3 is 2.73 bits per heavy atom. The van der Waals surface area contributed by atoms with Gasteiger partial charge in [-0.1, -0.05) is 0 Å². The second kappa shape index (κ2) is 6.12. The van der Waals surface area contributed by atoms with E-state index in [1.165, 1.54) is 7.11 Å². The molecule has 0 aliphatic rings. The Balaban J connectivity index is 3.20. The third-order valence-electron chi connectivity index (χ3n) is 1.27. The molecule has 0 amide bonds. The normalized spacial score (nSPS) is 12.6. The van der Waals surface area contributed by atoms with Gasteiger partial charge < -0.3 is 15.2 Å². The summed E-state index contributed by atoms with van der Waals surface area (Å²) in [5, 5.41) is 0. The van der Waals surface area contributed by atoms with Crippen molar-refractivity contribution in [3.8, 4) is 0 Å². The zero-order chi connectivity index (χ0) is 8.69. The van der Waals surface area contributed by atoms with Crippen LogP contribution in [0.2, 0.25) is 0 Å². The van der Waals surface area contributed by atoms with Crippen LogP contribution in [0, 0.1) is 0 Å². The Hall–Kier alpha value is -0.610. The number of nitrogens with two attached hydrogens (primary N) is 1. The molecule has 0 radical (unpaired) electrons. The van der Waals surface area contributed by atoms with Crippen LogP contribution in [0.25, 0.3) is 0 Å². The van der Waals surface area contributed by atoms with Gasteiger partial charge in [0.1, 0.15) is 0 Å². The van der Waals surface area contributed by atoms with Crippen molar-refractivity contribution in [2.24, 2.45) is 5.73 Å². The number of carbonyl (C=O) groups excluding carboxylic acids is 1. The van der Waals surface area contributed by atoms with Crippen LogP contribution in [0.4, 0.5) is 0 Å². The first-order valence-electron chi connectivity index (χ1n) is 3.59. The molecule has 0 fully saturated rings. The van der Waals surface area contributed by atoms with Crippen molar-refractivity contribution in [2.45, 2.75) is 19.4 Å². The van der Waals surface area contributed by atoms with E-state index in [-0.39, 0.29) is 12.1 Å². The highest BCUT2D eigenvalue weighted by Crippen LogP contribution is 1.91. The van der Waals surface area contributed by atoms with E-state index in [0.717, 1.165) is 0 Å². The van der Waals surface area contributed by atoms with Gasteiger partial charge in [0.2, 0.25) is 0 Å². The summed E-state index contributed by atoms with van der Waals surface area (Å²) in [6, 6.07) is 0. The van der Waals surface area contributed by atoms with E-state index in [0.29, 0.717) is 19.6 Å². The van der Waals surface area contributed by atoms with Gasteiger partial charge in [-0.15, -0.1) is 0 Å². The molecule has 1 atom stereocenters. The highest BCUT2D eigenvalue weighted by Gasteiger charge is 2.02. The van der Waals surface area contributed by atoms with Crippen LogP contribution in [0.1, 0.15) is 13.3 Å². The lowest BCUT2D eigenvalue weighted by atomic mass is 10.4. The summed E-state index contributed by atoms with van der Waals surface area (Å²) in [5.41, 5.74) is 5.28. The highest BCUT2D eigenvalue weighted by atomic mass is 16.5. The SMILES string of the molecule is COC(=O)CCO[C@H](C)CN. The van der Waals surface area contributed by atoms with Crippen molar-refractivity contribution in [1.29, 1.82) is 0 Å². The van der Waals surface area contributed by atoms with E-state index in [4.69, 9.17) is 10.5 Å². The molecule has 0 unspecified atom stereocenters. The number of ether oxygens (including phenoxy) is 2. The van der Waals surface area contributed by atoms with Crippen molar-refractivity contribution in [3.05, 3.63) is 0 Å². The second-order valence-corrected chi connectivity index (χ2v) is 2.24. The van der Waals surface area contributed by atoms with E-state index < -0.39 is 0 Å². The Labute approximate surface area is 66.7 Å². The summed E-state index contributed by atoms with van der Waals surface area (Å²) < 4.78 is 9.55. The van der Waals surface area contributed by atoms with Crippen molar-refractivity contribution in [1.82, 2.24) is 0 Å². The smallest absolute Gasteiger partial charge is 0.307 e. The maximum absolute atomic E-state index is 10.5. The molecule has 0 bridgehead atoms. The third-order valence-corrected chi connectivity index (χ3v) is 1.27. The van der Waals surface area contributed by atoms with Gasteiger partial charge in [-0.05, 0) is 6.92 Å². The molecule has 0 aromatic carbocycles. The largest absolute Gasteiger partial charge is 0.469 e. The van der Waals surface area contributed by atoms with Crippen molar-refractivity contribution in [3.63, 3.8) is 0 Å². The van der Waals surface area contributed by atoms with Crippen molar-refractivity contribution >= 4 is 5.97 Å². The molecule has 66 valence electrons. The highest BCUT2D eigenvalue weighted by molar-refractivity contribution is 5.69. The zero-order valence-corrected chi connectivity index (χ0v) is 7.00. The first kappa shape index (κ1) is 10.4. The van der Waals surface area contributed by atoms with Crippen LogP contribution < -0.4 is 5.73 Å². The molecule has 0 saturated heterocycles. The van der Waals surface area contributed by atoms with Crippen molar-refractivity contribution in [2.75, 3.05) is 20.3 Å². The van der Waals surface area contributed by atoms with Gasteiger partial charge in [-0.3, -0.25) is 4.79 Å². The summed E-state index contributed by atoms with van der Waals surface area (Å²) >= 11 is 0. The van der Waals surface area contributed by atoms with Gasteiger partial charge in [-0.2, -0.15) is 0 Å². The number of methoxy groups -OCH3 is 1. The molecule has 0 aromatic rings. The first-order chi connectivity index (χ1) is 5.20. The molecule has 4 heteroatoms. The fourth-order valence-electron chi connectivity index (χ4n) is 0.514. The van der Waals surface area contributed by atoms with Crippen LogP contribution in [-0.2, 0) is 14.3 Å². The predicted octanol–water partition coefficient (Wildman–Crippen LogP) is -0.0867. The standard InChI is InChI=1S/C7H15NO3/c1-6(5-8)11-4-3-7(9)10-2/h6H,3-5,8H2,1-2H3/t6-/m1/s1. The molecule has 4 nitrogen and oxygen atoms in total. The van der Waals surface area contributed by atoms with E-state index in [1.807, 2.05) is 6.92 Å². The maximum atomic E-state index is 10.5. The zero-order valence-electron chi connectivity index (χ0n) is 7.00. The van der Waals surface area contributed by atoms with E-state index in [1.54, 1.807) is 0 Å². The Bertz CT molecular complexity index is 116. The van der Waals surface area contributed by atoms with Gasteiger partial charge >= 0.3 is 5.97 Å². The van der Waals surface area contributed by atoms with Gasteiger partial charge in [0.25, 0.3) is 0 Å². The monoisotopic (exact) mass is 161 g/mol. The van der Waals surface area contributed by atoms with Crippen LogP contribution in [0.3, 0.4) is 0 Å². The van der Waals surface area contributed by atoms with Crippen LogP contribution in [0.5, 0.6) is 0 Å². The third kappa shape index (κ3) is 5.82. The summed E-state index contributed by atoms with van der Waals surface area (Å²) in [5.74, 6) is -0.255. The summed E-state index contributed by atoms with van der Waals surface area (Å²) in [6.07, 6.45) is 0.306. The molecular formula is C7H15NO3. The Kier molecular flexibility index (Phi) is 5.78. The minimum atomic E-state index is -0.255. The van der Waals surface area contributed by atoms with E-state index in [9.17, 15) is 4.79 Å². The molecule has 0 saturated carbocycles. The molecule has 0 aliphatic heterocycles. The predicted molar refractivity (Wildman–Crippen MR) is 41.1 cm³/mol. The molecule has 0 rings (SSSR count). The molecule has 11 heavy (non-hydrogen) atoms. The minimum Gasteiger partial charge on any atom is -0.469 e. The average molecular weight is 161 g/mol. The number of hydrogen-bond donors (Lipinski definition) is 1. The van der Waals surface area contributed by atoms with Crippen LogP contribution in [-0.4, -0.2) is 32.3 Å². The quantitative estimate of drug-likeness (QED) is 0.572. The number of carbonyl (C=O) groups is 1. The summed E-state index contributed by atoms with van der Waals surface area (Å²) in [4.78, 5) is 10.5. The number of rotatable bonds is 5. The topological polar surface area (TPSA) is 61.5 Å². The lowest BCUT2D eigenvalue weighted by Crippen LogP contribution is -2.21. The minimum absolute atomic E-state index is 0.0136. The number of hydrogen-bond acceptors (Lipinski definition) is 4. The molecule has 2 N–H and O–H groups in total. The molecule has 0 aromatic heterocycles.